The van der Waals surface area contributed by atoms with Crippen molar-refractivity contribution in [2.45, 2.75) is 26.6 Å². The molecular weight excluding hydrogens is 291 g/mol. The third-order valence-electron chi connectivity index (χ3n) is 3.61. The van der Waals surface area contributed by atoms with Gasteiger partial charge in [-0.25, -0.2) is 9.97 Å². The molecule has 0 aliphatic carbocycles. The van der Waals surface area contributed by atoms with Crippen LogP contribution in [-0.2, 0) is 12.7 Å². The fourth-order valence-corrected chi connectivity index (χ4v) is 2.49. The molecule has 22 heavy (non-hydrogen) atoms. The van der Waals surface area contributed by atoms with Gasteiger partial charge in [0.1, 0.15) is 11.3 Å². The predicted octanol–water partition coefficient (Wildman–Crippen LogP) is 4.45. The zero-order chi connectivity index (χ0) is 15.9. The van der Waals surface area contributed by atoms with Crippen LogP contribution in [0, 0.1) is 6.92 Å². The van der Waals surface area contributed by atoms with Gasteiger partial charge in [0.25, 0.3) is 0 Å². The summed E-state index contributed by atoms with van der Waals surface area (Å²) in [5, 5.41) is 0. The van der Waals surface area contributed by atoms with E-state index in [4.69, 9.17) is 0 Å². The van der Waals surface area contributed by atoms with E-state index >= 15 is 0 Å². The van der Waals surface area contributed by atoms with Gasteiger partial charge in [0.15, 0.2) is 5.65 Å². The van der Waals surface area contributed by atoms with Gasteiger partial charge in [0.05, 0.1) is 5.56 Å². The van der Waals surface area contributed by atoms with E-state index < -0.39 is 11.7 Å². The van der Waals surface area contributed by atoms with Gasteiger partial charge >= 0.3 is 6.18 Å². The number of fused-ring (bicyclic) bond motifs is 1. The quantitative estimate of drug-likeness (QED) is 0.700. The lowest BCUT2D eigenvalue weighted by Crippen LogP contribution is -2.06. The van der Waals surface area contributed by atoms with Crippen molar-refractivity contribution >= 4 is 11.2 Å². The number of hydrogen-bond acceptors (Lipinski definition) is 2. The lowest BCUT2D eigenvalue weighted by atomic mass is 10.1. The van der Waals surface area contributed by atoms with Crippen molar-refractivity contribution in [3.05, 3.63) is 47.7 Å². The third kappa shape index (κ3) is 2.34. The zero-order valence-electron chi connectivity index (χ0n) is 12.1. The molecule has 0 radical (unpaired) electrons. The average Bonchev–Trinajstić information content (AvgIpc) is 2.84. The van der Waals surface area contributed by atoms with Crippen LogP contribution in [-0.4, -0.2) is 14.5 Å². The molecule has 114 valence electrons. The molecule has 2 aromatic heterocycles. The van der Waals surface area contributed by atoms with Crippen molar-refractivity contribution in [1.29, 1.82) is 0 Å². The number of aromatic nitrogens is 3. The second-order valence-corrected chi connectivity index (χ2v) is 5.06. The number of halogens is 3. The van der Waals surface area contributed by atoms with Crippen LogP contribution < -0.4 is 0 Å². The number of pyridine rings is 1. The second kappa shape index (κ2) is 5.12. The Morgan fingerprint density at radius 3 is 2.55 bits per heavy atom. The summed E-state index contributed by atoms with van der Waals surface area (Å²) < 4.78 is 40.3. The topological polar surface area (TPSA) is 30.7 Å². The molecule has 0 unspecified atom stereocenters. The first-order valence-electron chi connectivity index (χ1n) is 6.91. The molecule has 0 spiro atoms. The van der Waals surface area contributed by atoms with E-state index in [-0.39, 0.29) is 5.52 Å². The van der Waals surface area contributed by atoms with Crippen molar-refractivity contribution in [3.8, 4) is 11.4 Å². The Balaban J connectivity index is 2.26. The van der Waals surface area contributed by atoms with Gasteiger partial charge in [-0.05, 0) is 25.5 Å². The molecule has 6 heteroatoms. The number of imidazole rings is 1. The van der Waals surface area contributed by atoms with Gasteiger partial charge in [-0.2, -0.15) is 13.2 Å². The Kier molecular flexibility index (Phi) is 3.39. The highest BCUT2D eigenvalue weighted by Crippen LogP contribution is 2.32. The van der Waals surface area contributed by atoms with Gasteiger partial charge in [-0.1, -0.05) is 24.3 Å². The fraction of sp³-hybridized carbons (Fsp3) is 0.250. The molecule has 0 fully saturated rings. The Morgan fingerprint density at radius 1 is 1.18 bits per heavy atom. The summed E-state index contributed by atoms with van der Waals surface area (Å²) in [6, 6.07) is 8.71. The minimum Gasteiger partial charge on any atom is -0.309 e. The van der Waals surface area contributed by atoms with Crippen molar-refractivity contribution in [1.82, 2.24) is 14.5 Å². The van der Waals surface area contributed by atoms with E-state index in [2.05, 4.69) is 9.97 Å². The molecule has 0 bridgehead atoms. The number of alkyl halides is 3. The lowest BCUT2D eigenvalue weighted by molar-refractivity contribution is -0.137. The van der Waals surface area contributed by atoms with Crippen molar-refractivity contribution in [2.75, 3.05) is 0 Å². The van der Waals surface area contributed by atoms with Crippen LogP contribution in [0.3, 0.4) is 0 Å². The van der Waals surface area contributed by atoms with Crippen LogP contribution >= 0.6 is 0 Å². The molecular formula is C16H14F3N3. The molecule has 1 aromatic carbocycles. The van der Waals surface area contributed by atoms with E-state index in [0.29, 0.717) is 18.0 Å². The van der Waals surface area contributed by atoms with Crippen LogP contribution in [0.2, 0.25) is 0 Å². The Morgan fingerprint density at radius 2 is 1.91 bits per heavy atom. The monoisotopic (exact) mass is 305 g/mol. The molecule has 0 atom stereocenters. The number of aryl methyl sites for hydroxylation is 2. The van der Waals surface area contributed by atoms with Crippen molar-refractivity contribution < 1.29 is 13.2 Å². The van der Waals surface area contributed by atoms with Crippen molar-refractivity contribution in [2.24, 2.45) is 0 Å². The van der Waals surface area contributed by atoms with Gasteiger partial charge in [0.2, 0.25) is 0 Å². The molecule has 0 N–H and O–H groups in total. The van der Waals surface area contributed by atoms with E-state index in [1.54, 1.807) is 0 Å². The largest absolute Gasteiger partial charge is 0.417 e. The summed E-state index contributed by atoms with van der Waals surface area (Å²) in [6.07, 6.45) is -3.56. The lowest BCUT2D eigenvalue weighted by Gasteiger charge is -2.08. The third-order valence-corrected chi connectivity index (χ3v) is 3.61. The Bertz CT molecular complexity index is 834. The smallest absolute Gasteiger partial charge is 0.309 e. The first kappa shape index (κ1) is 14.6. The van der Waals surface area contributed by atoms with Crippen LogP contribution in [0.25, 0.3) is 22.6 Å². The number of benzene rings is 1. The minimum absolute atomic E-state index is 0.259. The average molecular weight is 305 g/mol. The van der Waals surface area contributed by atoms with Gasteiger partial charge in [-0.15, -0.1) is 0 Å². The molecule has 2 heterocycles. The summed E-state index contributed by atoms with van der Waals surface area (Å²) in [5.41, 5.74) is 1.86. The van der Waals surface area contributed by atoms with E-state index in [0.717, 1.165) is 23.4 Å². The summed E-state index contributed by atoms with van der Waals surface area (Å²) in [4.78, 5) is 8.36. The van der Waals surface area contributed by atoms with Crippen LogP contribution in [0.1, 0.15) is 18.1 Å². The van der Waals surface area contributed by atoms with Crippen LogP contribution in [0.4, 0.5) is 13.2 Å². The normalized spacial score (nSPS) is 12.0. The van der Waals surface area contributed by atoms with Gasteiger partial charge in [-0.3, -0.25) is 0 Å². The zero-order valence-corrected chi connectivity index (χ0v) is 12.1. The summed E-state index contributed by atoms with van der Waals surface area (Å²) in [6.45, 7) is 4.45. The molecule has 0 saturated carbocycles. The summed E-state index contributed by atoms with van der Waals surface area (Å²) >= 11 is 0. The van der Waals surface area contributed by atoms with E-state index in [1.165, 1.54) is 0 Å². The highest BCUT2D eigenvalue weighted by molar-refractivity contribution is 5.78. The molecule has 0 aliphatic heterocycles. The molecule has 0 saturated heterocycles. The summed E-state index contributed by atoms with van der Waals surface area (Å²) in [7, 11) is 0. The molecule has 3 rings (SSSR count). The van der Waals surface area contributed by atoms with Crippen LogP contribution in [0.15, 0.2) is 36.5 Å². The first-order valence-corrected chi connectivity index (χ1v) is 6.91. The van der Waals surface area contributed by atoms with Crippen LogP contribution in [0.5, 0.6) is 0 Å². The Labute approximate surface area is 125 Å². The SMILES string of the molecule is CCn1c(-c2ccccc2C)nc2cc(C(F)(F)F)cnc21. The standard InChI is InChI=1S/C16H14F3N3/c1-3-22-14(12-7-5-4-6-10(12)2)21-13-8-11(16(17,18)19)9-20-15(13)22/h4-9H,3H2,1-2H3. The van der Waals surface area contributed by atoms with Gasteiger partial charge in [0, 0.05) is 18.3 Å². The highest BCUT2D eigenvalue weighted by Gasteiger charge is 2.31. The number of rotatable bonds is 2. The van der Waals surface area contributed by atoms with Gasteiger partial charge < -0.3 is 4.57 Å². The molecule has 0 aliphatic rings. The summed E-state index contributed by atoms with van der Waals surface area (Å²) in [5.74, 6) is 0.641. The highest BCUT2D eigenvalue weighted by atomic mass is 19.4. The predicted molar refractivity (Wildman–Crippen MR) is 78.4 cm³/mol. The van der Waals surface area contributed by atoms with E-state index in [9.17, 15) is 13.2 Å². The number of nitrogens with zero attached hydrogens (tertiary/aromatic N) is 3. The van der Waals surface area contributed by atoms with Crippen molar-refractivity contribution in [3.63, 3.8) is 0 Å². The van der Waals surface area contributed by atoms with E-state index in [1.807, 2.05) is 42.7 Å². The maximum absolute atomic E-state index is 12.8. The first-order chi connectivity index (χ1) is 10.4. The minimum atomic E-state index is -4.42. The molecule has 0 amide bonds. The molecule has 3 nitrogen and oxygen atoms in total. The number of hydrogen-bond donors (Lipinski definition) is 0. The second-order valence-electron chi connectivity index (χ2n) is 5.06. The fourth-order valence-electron chi connectivity index (χ4n) is 2.49. The maximum atomic E-state index is 12.8. The maximum Gasteiger partial charge on any atom is 0.417 e. The Hall–Kier alpha value is -2.37. The molecule has 3 aromatic rings.